The number of ether oxygens (including phenoxy) is 1. The highest BCUT2D eigenvalue weighted by molar-refractivity contribution is 6.31. The number of nitrogens with one attached hydrogen (secondary N) is 1. The van der Waals surface area contributed by atoms with Crippen LogP contribution >= 0.6 is 11.6 Å². The largest absolute Gasteiger partial charge is 0.452 e. The molecule has 2 fully saturated rings. The zero-order chi connectivity index (χ0) is 20.1. The number of likely N-dealkylation sites (tertiary alicyclic amines) is 1. The second kappa shape index (κ2) is 9.41. The fourth-order valence-electron chi connectivity index (χ4n) is 3.80. The number of halogens is 1. The zero-order valence-electron chi connectivity index (χ0n) is 16.2. The minimum atomic E-state index is -0.859. The summed E-state index contributed by atoms with van der Waals surface area (Å²) in [7, 11) is 0. The lowest BCUT2D eigenvalue weighted by molar-refractivity contribution is -0.158. The summed E-state index contributed by atoms with van der Waals surface area (Å²) in [5.74, 6) is -1.43. The Hall–Kier alpha value is -2.08. The summed E-state index contributed by atoms with van der Waals surface area (Å²) in [6.45, 7) is 2.22. The van der Waals surface area contributed by atoms with E-state index in [1.54, 1.807) is 17.9 Å². The van der Waals surface area contributed by atoms with Gasteiger partial charge in [0, 0.05) is 30.6 Å². The predicted octanol–water partition coefficient (Wildman–Crippen LogP) is 3.07. The number of carbonyl (C=O) groups excluding carboxylic acids is 3. The second-order valence-corrected chi connectivity index (χ2v) is 8.10. The zero-order valence-corrected chi connectivity index (χ0v) is 16.9. The smallest absolute Gasteiger partial charge is 0.312 e. The van der Waals surface area contributed by atoms with Gasteiger partial charge in [-0.25, -0.2) is 0 Å². The number of benzene rings is 1. The molecule has 1 aliphatic carbocycles. The third-order valence-electron chi connectivity index (χ3n) is 5.48. The van der Waals surface area contributed by atoms with Crippen LogP contribution in [0.25, 0.3) is 0 Å². The molecule has 0 spiro atoms. The molecule has 0 radical (unpaired) electrons. The van der Waals surface area contributed by atoms with E-state index in [-0.39, 0.29) is 30.8 Å². The number of hydrogen-bond donors (Lipinski definition) is 1. The average Bonchev–Trinajstić information content (AvgIpc) is 3.05. The molecule has 152 valence electrons. The van der Waals surface area contributed by atoms with Crippen LogP contribution in [-0.4, -0.2) is 41.4 Å². The Labute approximate surface area is 170 Å². The van der Waals surface area contributed by atoms with Crippen molar-refractivity contribution >= 4 is 29.4 Å². The third-order valence-corrected chi connectivity index (χ3v) is 5.85. The van der Waals surface area contributed by atoms with Crippen molar-refractivity contribution in [1.29, 1.82) is 0 Å². The third kappa shape index (κ3) is 5.25. The lowest BCUT2D eigenvalue weighted by Gasteiger charge is -2.24. The normalized spacial score (nSPS) is 21.4. The number of nitrogens with zero attached hydrogens (tertiary/aromatic N) is 1. The molecule has 1 heterocycles. The van der Waals surface area contributed by atoms with Crippen LogP contribution in [0.4, 0.5) is 0 Å². The monoisotopic (exact) mass is 406 g/mol. The van der Waals surface area contributed by atoms with Crippen molar-refractivity contribution in [3.63, 3.8) is 0 Å². The Balaban J connectivity index is 1.49. The molecule has 2 atom stereocenters. The van der Waals surface area contributed by atoms with Gasteiger partial charge in [0.05, 0.1) is 5.92 Å². The van der Waals surface area contributed by atoms with E-state index >= 15 is 0 Å². The highest BCUT2D eigenvalue weighted by Gasteiger charge is 2.37. The Bertz CT molecular complexity index is 733. The van der Waals surface area contributed by atoms with Crippen LogP contribution in [0.15, 0.2) is 24.3 Å². The highest BCUT2D eigenvalue weighted by atomic mass is 35.5. The maximum Gasteiger partial charge on any atom is 0.312 e. The van der Waals surface area contributed by atoms with Crippen molar-refractivity contribution in [2.45, 2.75) is 64.1 Å². The van der Waals surface area contributed by atoms with Crippen LogP contribution in [0.1, 0.15) is 51.0 Å². The van der Waals surface area contributed by atoms with E-state index in [2.05, 4.69) is 5.32 Å². The standard InChI is InChI=1S/C21H27ClN2O4/c1-14(20(26)23-17-8-3-2-4-9-17)28-21(27)16-11-19(25)24(13-16)12-15-7-5-6-10-18(15)22/h5-7,10,14,16-17H,2-4,8-9,11-13H2,1H3,(H,23,26)/t14-,16-/m1/s1. The fraction of sp³-hybridized carbons (Fsp3) is 0.571. The molecule has 0 bridgehead atoms. The molecule has 6 nitrogen and oxygen atoms in total. The molecule has 0 unspecified atom stereocenters. The van der Waals surface area contributed by atoms with Gasteiger partial charge in [-0.2, -0.15) is 0 Å². The maximum absolute atomic E-state index is 12.5. The molecular formula is C21H27ClN2O4. The van der Waals surface area contributed by atoms with Gasteiger partial charge in [-0.1, -0.05) is 49.1 Å². The molecular weight excluding hydrogens is 380 g/mol. The lowest BCUT2D eigenvalue weighted by Crippen LogP contribution is -2.43. The van der Waals surface area contributed by atoms with Gasteiger partial charge in [-0.15, -0.1) is 0 Å². The molecule has 1 aliphatic heterocycles. The summed E-state index contributed by atoms with van der Waals surface area (Å²) >= 11 is 6.16. The predicted molar refractivity (Wildman–Crippen MR) is 106 cm³/mol. The van der Waals surface area contributed by atoms with Crippen LogP contribution in [0, 0.1) is 5.92 Å². The molecule has 2 aliphatic rings. The molecule has 1 aromatic rings. The first-order valence-electron chi connectivity index (χ1n) is 9.96. The van der Waals surface area contributed by atoms with Crippen molar-refractivity contribution in [2.75, 3.05) is 6.54 Å². The number of rotatable bonds is 6. The van der Waals surface area contributed by atoms with Crippen molar-refractivity contribution < 1.29 is 19.1 Å². The SMILES string of the molecule is C[C@@H](OC(=O)[C@@H]1CC(=O)N(Cc2ccccc2Cl)C1)C(=O)NC1CCCCC1. The van der Waals surface area contributed by atoms with E-state index in [0.29, 0.717) is 11.6 Å². The van der Waals surface area contributed by atoms with E-state index in [9.17, 15) is 14.4 Å². The van der Waals surface area contributed by atoms with Crippen LogP contribution < -0.4 is 5.32 Å². The number of esters is 1. The summed E-state index contributed by atoms with van der Waals surface area (Å²) in [5, 5.41) is 3.55. The molecule has 1 saturated carbocycles. The summed E-state index contributed by atoms with van der Waals surface area (Å²) in [6.07, 6.45) is 4.62. The summed E-state index contributed by atoms with van der Waals surface area (Å²) < 4.78 is 5.35. The first-order valence-corrected chi connectivity index (χ1v) is 10.3. The molecule has 2 amide bonds. The summed E-state index contributed by atoms with van der Waals surface area (Å²) in [4.78, 5) is 38.6. The second-order valence-electron chi connectivity index (χ2n) is 7.69. The van der Waals surface area contributed by atoms with Gasteiger partial charge in [-0.05, 0) is 31.4 Å². The molecule has 0 aromatic heterocycles. The van der Waals surface area contributed by atoms with Gasteiger partial charge in [0.1, 0.15) is 0 Å². The molecule has 1 N–H and O–H groups in total. The first-order chi connectivity index (χ1) is 13.4. The average molecular weight is 407 g/mol. The fourth-order valence-corrected chi connectivity index (χ4v) is 4.00. The van der Waals surface area contributed by atoms with Crippen LogP contribution in [0.3, 0.4) is 0 Å². The lowest BCUT2D eigenvalue weighted by atomic mass is 9.95. The van der Waals surface area contributed by atoms with Gasteiger partial charge < -0.3 is 15.0 Å². The van der Waals surface area contributed by atoms with Crippen molar-refractivity contribution in [2.24, 2.45) is 5.92 Å². The van der Waals surface area contributed by atoms with Crippen LogP contribution in [-0.2, 0) is 25.7 Å². The van der Waals surface area contributed by atoms with Crippen LogP contribution in [0.2, 0.25) is 5.02 Å². The van der Waals surface area contributed by atoms with Crippen molar-refractivity contribution in [1.82, 2.24) is 10.2 Å². The molecule has 7 heteroatoms. The molecule has 28 heavy (non-hydrogen) atoms. The van der Waals surface area contributed by atoms with Crippen LogP contribution in [0.5, 0.6) is 0 Å². The van der Waals surface area contributed by atoms with E-state index in [0.717, 1.165) is 31.2 Å². The van der Waals surface area contributed by atoms with Gasteiger partial charge >= 0.3 is 5.97 Å². The molecule has 3 rings (SSSR count). The van der Waals surface area contributed by atoms with Crippen molar-refractivity contribution in [3.8, 4) is 0 Å². The first kappa shape index (κ1) is 20.6. The Morgan fingerprint density at radius 1 is 1.25 bits per heavy atom. The molecule has 1 saturated heterocycles. The minimum absolute atomic E-state index is 0.0975. The van der Waals surface area contributed by atoms with E-state index in [4.69, 9.17) is 16.3 Å². The summed E-state index contributed by atoms with van der Waals surface area (Å²) in [5.41, 5.74) is 0.840. The van der Waals surface area contributed by atoms with Gasteiger partial charge in [0.25, 0.3) is 5.91 Å². The number of amides is 2. The Kier molecular flexibility index (Phi) is 6.94. The number of hydrogen-bond acceptors (Lipinski definition) is 4. The quantitative estimate of drug-likeness (QED) is 0.736. The van der Waals surface area contributed by atoms with E-state index < -0.39 is 18.0 Å². The van der Waals surface area contributed by atoms with Crippen molar-refractivity contribution in [3.05, 3.63) is 34.9 Å². The molecule has 1 aromatic carbocycles. The highest BCUT2D eigenvalue weighted by Crippen LogP contribution is 2.24. The summed E-state index contributed by atoms with van der Waals surface area (Å²) in [6, 6.07) is 7.49. The Morgan fingerprint density at radius 2 is 1.96 bits per heavy atom. The van der Waals surface area contributed by atoms with Gasteiger partial charge in [-0.3, -0.25) is 14.4 Å². The van der Waals surface area contributed by atoms with E-state index in [1.807, 2.05) is 18.2 Å². The van der Waals surface area contributed by atoms with Gasteiger partial charge in [0.2, 0.25) is 5.91 Å². The van der Waals surface area contributed by atoms with Gasteiger partial charge in [0.15, 0.2) is 6.10 Å². The minimum Gasteiger partial charge on any atom is -0.452 e. The number of carbonyl (C=O) groups is 3. The topological polar surface area (TPSA) is 75.7 Å². The van der Waals surface area contributed by atoms with E-state index in [1.165, 1.54) is 6.42 Å². The maximum atomic E-state index is 12.5. The Morgan fingerprint density at radius 3 is 2.68 bits per heavy atom.